The van der Waals surface area contributed by atoms with E-state index in [-0.39, 0.29) is 6.04 Å². The van der Waals surface area contributed by atoms with Crippen molar-refractivity contribution in [1.29, 1.82) is 0 Å². The molecule has 1 aliphatic heterocycles. The van der Waals surface area contributed by atoms with E-state index < -0.39 is 0 Å². The summed E-state index contributed by atoms with van der Waals surface area (Å²) < 4.78 is 0. The van der Waals surface area contributed by atoms with Crippen LogP contribution in [0.5, 0.6) is 0 Å². The van der Waals surface area contributed by atoms with E-state index in [0.29, 0.717) is 6.04 Å². The van der Waals surface area contributed by atoms with Crippen LogP contribution in [-0.2, 0) is 0 Å². The van der Waals surface area contributed by atoms with E-state index in [9.17, 15) is 0 Å². The SMILES string of the molecule is CC1CCCN(CCC(N)c2ccccc2Cl)C1C. The second-order valence-electron chi connectivity index (χ2n) is 5.81. The summed E-state index contributed by atoms with van der Waals surface area (Å²) in [7, 11) is 0. The fourth-order valence-electron chi connectivity index (χ4n) is 2.97. The Morgan fingerprint density at radius 2 is 2.11 bits per heavy atom. The molecule has 0 saturated carbocycles. The van der Waals surface area contributed by atoms with Crippen LogP contribution >= 0.6 is 11.6 Å². The molecule has 0 bridgehead atoms. The Hall–Kier alpha value is -0.570. The number of hydrogen-bond acceptors (Lipinski definition) is 2. The van der Waals surface area contributed by atoms with Gasteiger partial charge in [0.25, 0.3) is 0 Å². The molecule has 0 spiro atoms. The number of halogens is 1. The van der Waals surface area contributed by atoms with Gasteiger partial charge in [0.15, 0.2) is 0 Å². The van der Waals surface area contributed by atoms with Crippen molar-refractivity contribution in [1.82, 2.24) is 4.90 Å². The van der Waals surface area contributed by atoms with Crippen LogP contribution in [-0.4, -0.2) is 24.0 Å². The van der Waals surface area contributed by atoms with Crippen LogP contribution in [0.1, 0.15) is 44.7 Å². The summed E-state index contributed by atoms with van der Waals surface area (Å²) in [6.07, 6.45) is 3.64. The van der Waals surface area contributed by atoms with Crippen molar-refractivity contribution in [2.75, 3.05) is 13.1 Å². The van der Waals surface area contributed by atoms with Crippen molar-refractivity contribution < 1.29 is 0 Å². The number of rotatable bonds is 4. The van der Waals surface area contributed by atoms with Crippen molar-refractivity contribution in [2.24, 2.45) is 11.7 Å². The van der Waals surface area contributed by atoms with E-state index in [1.165, 1.54) is 19.4 Å². The van der Waals surface area contributed by atoms with Gasteiger partial charge in [0, 0.05) is 23.7 Å². The molecule has 1 fully saturated rings. The van der Waals surface area contributed by atoms with E-state index in [4.69, 9.17) is 17.3 Å². The second kappa shape index (κ2) is 6.74. The van der Waals surface area contributed by atoms with Crippen molar-refractivity contribution in [2.45, 2.75) is 45.2 Å². The zero-order valence-electron chi connectivity index (χ0n) is 12.0. The molecule has 2 nitrogen and oxygen atoms in total. The van der Waals surface area contributed by atoms with Gasteiger partial charge in [-0.25, -0.2) is 0 Å². The summed E-state index contributed by atoms with van der Waals surface area (Å²) in [6.45, 7) is 6.97. The molecule has 1 aromatic carbocycles. The third kappa shape index (κ3) is 3.71. The summed E-state index contributed by atoms with van der Waals surface area (Å²) in [4.78, 5) is 2.57. The highest BCUT2D eigenvalue weighted by molar-refractivity contribution is 6.31. The van der Waals surface area contributed by atoms with Crippen LogP contribution in [0.4, 0.5) is 0 Å². The molecule has 0 radical (unpaired) electrons. The van der Waals surface area contributed by atoms with E-state index >= 15 is 0 Å². The largest absolute Gasteiger partial charge is 0.324 e. The number of piperidine rings is 1. The van der Waals surface area contributed by atoms with Gasteiger partial charge in [-0.2, -0.15) is 0 Å². The minimum atomic E-state index is 0.0399. The minimum absolute atomic E-state index is 0.0399. The molecule has 0 amide bonds. The lowest BCUT2D eigenvalue weighted by Crippen LogP contribution is -2.43. The lowest BCUT2D eigenvalue weighted by atomic mass is 9.91. The first-order valence-electron chi connectivity index (χ1n) is 7.33. The molecule has 19 heavy (non-hydrogen) atoms. The molecule has 0 aromatic heterocycles. The highest BCUT2D eigenvalue weighted by atomic mass is 35.5. The van der Waals surface area contributed by atoms with Gasteiger partial charge >= 0.3 is 0 Å². The lowest BCUT2D eigenvalue weighted by molar-refractivity contribution is 0.110. The van der Waals surface area contributed by atoms with Crippen molar-refractivity contribution in [3.05, 3.63) is 34.9 Å². The highest BCUT2D eigenvalue weighted by Crippen LogP contribution is 2.26. The van der Waals surface area contributed by atoms with Crippen LogP contribution in [0.2, 0.25) is 5.02 Å². The maximum Gasteiger partial charge on any atom is 0.0453 e. The number of hydrogen-bond donors (Lipinski definition) is 1. The summed E-state index contributed by atoms with van der Waals surface area (Å²) in [6, 6.07) is 8.63. The Morgan fingerprint density at radius 3 is 2.84 bits per heavy atom. The molecule has 1 aliphatic rings. The van der Waals surface area contributed by atoms with Crippen molar-refractivity contribution in [3.8, 4) is 0 Å². The topological polar surface area (TPSA) is 29.3 Å². The van der Waals surface area contributed by atoms with Crippen LogP contribution in [0.3, 0.4) is 0 Å². The summed E-state index contributed by atoms with van der Waals surface area (Å²) in [5.74, 6) is 0.797. The van der Waals surface area contributed by atoms with Crippen LogP contribution < -0.4 is 5.73 Å². The Balaban J connectivity index is 1.90. The predicted octanol–water partition coefficient (Wildman–Crippen LogP) is 3.85. The lowest BCUT2D eigenvalue weighted by Gasteiger charge is -2.38. The van der Waals surface area contributed by atoms with Gasteiger partial charge in [-0.15, -0.1) is 0 Å². The molecule has 1 saturated heterocycles. The van der Waals surface area contributed by atoms with E-state index in [1.54, 1.807) is 0 Å². The quantitative estimate of drug-likeness (QED) is 0.908. The molecule has 3 atom stereocenters. The van der Waals surface area contributed by atoms with Gasteiger partial charge in [0.1, 0.15) is 0 Å². The molecule has 106 valence electrons. The summed E-state index contributed by atoms with van der Waals surface area (Å²) in [5, 5.41) is 0.787. The van der Waals surface area contributed by atoms with Gasteiger partial charge in [0.2, 0.25) is 0 Å². The Morgan fingerprint density at radius 1 is 1.37 bits per heavy atom. The average Bonchev–Trinajstić information content (AvgIpc) is 2.40. The average molecular weight is 281 g/mol. The molecule has 1 aromatic rings. The van der Waals surface area contributed by atoms with Gasteiger partial charge in [0.05, 0.1) is 0 Å². The van der Waals surface area contributed by atoms with Crippen molar-refractivity contribution >= 4 is 11.6 Å². The van der Waals surface area contributed by atoms with Gasteiger partial charge in [-0.1, -0.05) is 36.7 Å². The number of benzene rings is 1. The first-order valence-corrected chi connectivity index (χ1v) is 7.71. The fraction of sp³-hybridized carbons (Fsp3) is 0.625. The first-order chi connectivity index (χ1) is 9.09. The van der Waals surface area contributed by atoms with Crippen molar-refractivity contribution in [3.63, 3.8) is 0 Å². The van der Waals surface area contributed by atoms with E-state index in [0.717, 1.165) is 29.5 Å². The number of nitrogens with two attached hydrogens (primary N) is 1. The molecular formula is C16H25ClN2. The van der Waals surface area contributed by atoms with E-state index in [1.807, 2.05) is 24.3 Å². The van der Waals surface area contributed by atoms with Gasteiger partial charge in [-0.05, 0) is 50.3 Å². The van der Waals surface area contributed by atoms with Crippen LogP contribution in [0, 0.1) is 5.92 Å². The normalized spacial score (nSPS) is 26.3. The fourth-order valence-corrected chi connectivity index (χ4v) is 3.25. The van der Waals surface area contributed by atoms with Gasteiger partial charge in [-0.3, -0.25) is 0 Å². The van der Waals surface area contributed by atoms with E-state index in [2.05, 4.69) is 18.7 Å². The predicted molar refractivity (Wildman–Crippen MR) is 82.4 cm³/mol. The molecule has 3 heteroatoms. The number of nitrogens with zero attached hydrogens (tertiary/aromatic N) is 1. The highest BCUT2D eigenvalue weighted by Gasteiger charge is 2.24. The maximum atomic E-state index is 6.28. The van der Waals surface area contributed by atoms with Crippen LogP contribution in [0.15, 0.2) is 24.3 Å². The second-order valence-corrected chi connectivity index (χ2v) is 6.22. The molecule has 0 aliphatic carbocycles. The Kier molecular flexibility index (Phi) is 5.26. The Labute approximate surface area is 121 Å². The zero-order valence-corrected chi connectivity index (χ0v) is 12.7. The molecule has 2 N–H and O–H groups in total. The first kappa shape index (κ1) is 14.8. The third-order valence-electron chi connectivity index (χ3n) is 4.54. The Bertz CT molecular complexity index is 407. The van der Waals surface area contributed by atoms with Crippen LogP contribution in [0.25, 0.3) is 0 Å². The molecule has 2 rings (SSSR count). The monoisotopic (exact) mass is 280 g/mol. The third-order valence-corrected chi connectivity index (χ3v) is 4.88. The molecular weight excluding hydrogens is 256 g/mol. The molecule has 3 unspecified atom stereocenters. The maximum absolute atomic E-state index is 6.28. The standard InChI is InChI=1S/C16H25ClN2/c1-12-6-5-10-19(13(12)2)11-9-16(18)14-7-3-4-8-15(14)17/h3-4,7-8,12-13,16H,5-6,9-11,18H2,1-2H3. The number of likely N-dealkylation sites (tertiary alicyclic amines) is 1. The summed E-state index contributed by atoms with van der Waals surface area (Å²) in [5.41, 5.74) is 7.35. The van der Waals surface area contributed by atoms with Gasteiger partial charge < -0.3 is 10.6 Å². The smallest absolute Gasteiger partial charge is 0.0453 e. The minimum Gasteiger partial charge on any atom is -0.324 e. The molecule has 1 heterocycles. The summed E-state index contributed by atoms with van der Waals surface area (Å²) >= 11 is 6.20. The zero-order chi connectivity index (χ0) is 13.8.